The molecule has 0 amide bonds. The Morgan fingerprint density at radius 2 is 1.81 bits per heavy atom. The van der Waals surface area contributed by atoms with Crippen LogP contribution in [0.25, 0.3) is 5.82 Å². The molecule has 162 valence electrons. The Labute approximate surface area is 183 Å². The van der Waals surface area contributed by atoms with Crippen molar-refractivity contribution in [1.82, 2.24) is 24.6 Å². The standard InChI is InChI=1S/C25H31N5O/c31-25-24-21(27-30(25)23-13-4-5-14-26-23)11-6-12-22(24)29-18-16-28(17-19-29)15-7-10-20-8-2-1-3-9-20/h1-5,8-9,13-14,22,27H,6-7,10-12,15-19H2. The lowest BCUT2D eigenvalue weighted by Crippen LogP contribution is -2.49. The first kappa shape index (κ1) is 20.2. The third-order valence-corrected chi connectivity index (χ3v) is 6.75. The monoisotopic (exact) mass is 417 g/mol. The van der Waals surface area contributed by atoms with Crippen LogP contribution in [0.4, 0.5) is 0 Å². The minimum atomic E-state index is 0.0729. The number of nitrogens with one attached hydrogen (secondary N) is 1. The van der Waals surface area contributed by atoms with Gasteiger partial charge in [-0.15, -0.1) is 0 Å². The van der Waals surface area contributed by atoms with Crippen molar-refractivity contribution in [2.45, 2.75) is 38.1 Å². The van der Waals surface area contributed by atoms with E-state index in [1.165, 1.54) is 12.0 Å². The van der Waals surface area contributed by atoms with Crippen LogP contribution in [-0.4, -0.2) is 57.3 Å². The fourth-order valence-electron chi connectivity index (χ4n) is 5.11. The molecule has 1 aromatic carbocycles. The van der Waals surface area contributed by atoms with Gasteiger partial charge in [0, 0.05) is 44.1 Å². The van der Waals surface area contributed by atoms with Gasteiger partial charge in [0.1, 0.15) is 0 Å². The average Bonchev–Trinajstić information content (AvgIpc) is 3.17. The summed E-state index contributed by atoms with van der Waals surface area (Å²) in [6.45, 7) is 5.38. The average molecular weight is 418 g/mol. The highest BCUT2D eigenvalue weighted by Crippen LogP contribution is 2.32. The molecule has 1 aliphatic heterocycles. The largest absolute Gasteiger partial charge is 0.301 e. The van der Waals surface area contributed by atoms with Gasteiger partial charge in [-0.05, 0) is 56.3 Å². The van der Waals surface area contributed by atoms with Crippen molar-refractivity contribution in [2.75, 3.05) is 32.7 Å². The zero-order chi connectivity index (χ0) is 21.0. The second kappa shape index (κ2) is 9.20. The third kappa shape index (κ3) is 4.36. The van der Waals surface area contributed by atoms with Gasteiger partial charge in [-0.3, -0.25) is 14.8 Å². The summed E-state index contributed by atoms with van der Waals surface area (Å²) in [4.78, 5) is 22.7. The van der Waals surface area contributed by atoms with Gasteiger partial charge in [0.2, 0.25) is 0 Å². The Kier molecular flexibility index (Phi) is 6.00. The van der Waals surface area contributed by atoms with Crippen LogP contribution in [0, 0.1) is 0 Å². The van der Waals surface area contributed by atoms with Gasteiger partial charge >= 0.3 is 0 Å². The highest BCUT2D eigenvalue weighted by Gasteiger charge is 2.33. The quantitative estimate of drug-likeness (QED) is 0.669. The van der Waals surface area contributed by atoms with Crippen LogP contribution in [-0.2, 0) is 12.8 Å². The highest BCUT2D eigenvalue weighted by atomic mass is 16.1. The van der Waals surface area contributed by atoms with Crippen molar-refractivity contribution in [3.63, 3.8) is 0 Å². The number of hydrogen-bond acceptors (Lipinski definition) is 4. The lowest BCUT2D eigenvalue weighted by atomic mass is 9.91. The van der Waals surface area contributed by atoms with Crippen molar-refractivity contribution in [2.24, 2.45) is 0 Å². The van der Waals surface area contributed by atoms with Crippen LogP contribution in [0.3, 0.4) is 0 Å². The molecule has 6 heteroatoms. The number of nitrogens with zero attached hydrogens (tertiary/aromatic N) is 4. The van der Waals surface area contributed by atoms with E-state index in [1.54, 1.807) is 10.9 Å². The van der Waals surface area contributed by atoms with E-state index in [1.807, 2.05) is 18.2 Å². The van der Waals surface area contributed by atoms with E-state index < -0.39 is 0 Å². The van der Waals surface area contributed by atoms with E-state index in [-0.39, 0.29) is 11.6 Å². The van der Waals surface area contributed by atoms with E-state index >= 15 is 0 Å². The Bertz CT molecular complexity index is 1030. The number of piperazine rings is 1. The Hall–Kier alpha value is -2.70. The molecule has 6 nitrogen and oxygen atoms in total. The number of aromatic nitrogens is 3. The molecular weight excluding hydrogens is 386 g/mol. The number of rotatable bonds is 6. The summed E-state index contributed by atoms with van der Waals surface area (Å²) in [6, 6.07) is 16.7. The second-order valence-electron chi connectivity index (χ2n) is 8.71. The molecule has 0 radical (unpaired) electrons. The molecule has 5 rings (SSSR count). The molecule has 31 heavy (non-hydrogen) atoms. The zero-order valence-corrected chi connectivity index (χ0v) is 18.0. The number of fused-ring (bicyclic) bond motifs is 1. The smallest absolute Gasteiger partial charge is 0.277 e. The number of H-pyrrole nitrogens is 1. The van der Waals surface area contributed by atoms with E-state index in [4.69, 9.17) is 0 Å². The summed E-state index contributed by atoms with van der Waals surface area (Å²) in [7, 11) is 0. The molecule has 1 atom stereocenters. The van der Waals surface area contributed by atoms with Crippen LogP contribution < -0.4 is 5.56 Å². The fraction of sp³-hybridized carbons (Fsp3) is 0.440. The van der Waals surface area contributed by atoms with Crippen molar-refractivity contribution in [1.29, 1.82) is 0 Å². The Balaban J connectivity index is 1.22. The Morgan fingerprint density at radius 3 is 2.58 bits per heavy atom. The molecule has 0 spiro atoms. The van der Waals surface area contributed by atoms with Gasteiger partial charge in [0.15, 0.2) is 5.82 Å². The molecule has 0 saturated carbocycles. The van der Waals surface area contributed by atoms with Crippen LogP contribution in [0.1, 0.15) is 42.1 Å². The van der Waals surface area contributed by atoms with E-state index in [0.717, 1.165) is 69.7 Å². The Morgan fingerprint density at radius 1 is 1.00 bits per heavy atom. The molecule has 0 bridgehead atoms. The normalized spacial score (nSPS) is 19.9. The number of benzene rings is 1. The van der Waals surface area contributed by atoms with Gasteiger partial charge in [0.25, 0.3) is 5.56 Å². The first-order valence-electron chi connectivity index (χ1n) is 11.5. The van der Waals surface area contributed by atoms with E-state index in [9.17, 15) is 4.79 Å². The summed E-state index contributed by atoms with van der Waals surface area (Å²) in [5, 5.41) is 3.34. The molecule has 2 aliphatic rings. The fourth-order valence-corrected chi connectivity index (χ4v) is 5.11. The molecule has 3 heterocycles. The number of hydrogen-bond donors (Lipinski definition) is 1. The number of aryl methyl sites for hydroxylation is 2. The van der Waals surface area contributed by atoms with Crippen molar-refractivity contribution < 1.29 is 0 Å². The predicted molar refractivity (Wildman–Crippen MR) is 123 cm³/mol. The van der Waals surface area contributed by atoms with Gasteiger partial charge in [-0.2, -0.15) is 0 Å². The maximum Gasteiger partial charge on any atom is 0.277 e. The van der Waals surface area contributed by atoms with E-state index in [0.29, 0.717) is 5.82 Å². The highest BCUT2D eigenvalue weighted by molar-refractivity contribution is 5.30. The summed E-state index contributed by atoms with van der Waals surface area (Å²) >= 11 is 0. The molecular formula is C25H31N5O. The SMILES string of the molecule is O=c1c2c([nH]n1-c1ccccn1)CCCC2N1CCN(CCCc2ccccc2)CC1. The molecule has 1 aliphatic carbocycles. The van der Waals surface area contributed by atoms with Crippen LogP contribution in [0.5, 0.6) is 0 Å². The first-order chi connectivity index (χ1) is 15.3. The zero-order valence-electron chi connectivity index (χ0n) is 18.0. The lowest BCUT2D eigenvalue weighted by Gasteiger charge is -2.40. The minimum absolute atomic E-state index is 0.0729. The topological polar surface area (TPSA) is 57.2 Å². The van der Waals surface area contributed by atoms with Gasteiger partial charge in [0.05, 0.1) is 5.56 Å². The van der Waals surface area contributed by atoms with E-state index in [2.05, 4.69) is 50.2 Å². The van der Waals surface area contributed by atoms with Gasteiger partial charge in [-0.1, -0.05) is 36.4 Å². The maximum absolute atomic E-state index is 13.3. The third-order valence-electron chi connectivity index (χ3n) is 6.75. The maximum atomic E-state index is 13.3. The van der Waals surface area contributed by atoms with Gasteiger partial charge < -0.3 is 4.90 Å². The van der Waals surface area contributed by atoms with Crippen LogP contribution in [0.15, 0.2) is 59.5 Å². The molecule has 1 unspecified atom stereocenters. The summed E-state index contributed by atoms with van der Waals surface area (Å²) < 4.78 is 1.63. The van der Waals surface area contributed by atoms with Crippen molar-refractivity contribution in [3.05, 3.63) is 81.9 Å². The number of pyridine rings is 1. The molecule has 1 saturated heterocycles. The number of aromatic amines is 1. The lowest BCUT2D eigenvalue weighted by molar-refractivity contribution is 0.0870. The van der Waals surface area contributed by atoms with Crippen molar-refractivity contribution in [3.8, 4) is 5.82 Å². The van der Waals surface area contributed by atoms with Crippen molar-refractivity contribution >= 4 is 0 Å². The first-order valence-corrected chi connectivity index (χ1v) is 11.5. The molecule has 3 aromatic rings. The molecule has 2 aromatic heterocycles. The molecule has 1 N–H and O–H groups in total. The van der Waals surface area contributed by atoms with Crippen LogP contribution in [0.2, 0.25) is 0 Å². The summed E-state index contributed by atoms with van der Waals surface area (Å²) in [6.07, 6.45) is 7.21. The summed E-state index contributed by atoms with van der Waals surface area (Å²) in [5.41, 5.74) is 3.56. The second-order valence-corrected chi connectivity index (χ2v) is 8.71. The molecule has 1 fully saturated rings. The summed E-state index contributed by atoms with van der Waals surface area (Å²) in [5.74, 6) is 0.670. The minimum Gasteiger partial charge on any atom is -0.301 e. The van der Waals surface area contributed by atoms with Crippen LogP contribution >= 0.6 is 0 Å². The predicted octanol–water partition coefficient (Wildman–Crippen LogP) is 3.19. The van der Waals surface area contributed by atoms with Gasteiger partial charge in [-0.25, -0.2) is 9.67 Å².